The van der Waals surface area contributed by atoms with Crippen LogP contribution in [0.5, 0.6) is 0 Å². The number of rotatable bonds is 6. The fraction of sp³-hybridized carbons (Fsp3) is 0.250. The number of imide groups is 1. The van der Waals surface area contributed by atoms with Crippen LogP contribution in [0.4, 0.5) is 11.4 Å². The minimum absolute atomic E-state index is 0.110. The average molecular weight is 447 g/mol. The first kappa shape index (κ1) is 19.6. The number of anilines is 2. The SMILES string of the molecule is CCc1ccc(N2C(=O)CC(SCC(=O)Nc3cccc(Br)c3)C2=O)cc1. The molecular weight excluding hydrogens is 428 g/mol. The Labute approximate surface area is 170 Å². The molecule has 1 atom stereocenters. The second-order valence-corrected chi connectivity index (χ2v) is 8.26. The Kier molecular flexibility index (Phi) is 6.34. The summed E-state index contributed by atoms with van der Waals surface area (Å²) in [6.07, 6.45) is 1.01. The predicted octanol–water partition coefficient (Wildman–Crippen LogP) is 4.02. The molecule has 3 rings (SSSR count). The molecule has 1 fully saturated rings. The molecule has 0 aromatic heterocycles. The largest absolute Gasteiger partial charge is 0.325 e. The van der Waals surface area contributed by atoms with Crippen LogP contribution in [0.25, 0.3) is 0 Å². The van der Waals surface area contributed by atoms with E-state index < -0.39 is 5.25 Å². The third-order valence-corrected chi connectivity index (χ3v) is 5.92. The van der Waals surface area contributed by atoms with Gasteiger partial charge >= 0.3 is 0 Å². The maximum absolute atomic E-state index is 12.6. The summed E-state index contributed by atoms with van der Waals surface area (Å²) in [5.74, 6) is -0.582. The summed E-state index contributed by atoms with van der Waals surface area (Å²) >= 11 is 4.55. The number of carbonyl (C=O) groups excluding carboxylic acids is 3. The molecule has 7 heteroatoms. The van der Waals surface area contributed by atoms with Gasteiger partial charge in [-0.3, -0.25) is 14.4 Å². The molecule has 1 N–H and O–H groups in total. The second kappa shape index (κ2) is 8.71. The van der Waals surface area contributed by atoms with Gasteiger partial charge < -0.3 is 5.32 Å². The van der Waals surface area contributed by atoms with Crippen molar-refractivity contribution < 1.29 is 14.4 Å². The first-order chi connectivity index (χ1) is 13.0. The Hall–Kier alpha value is -2.12. The highest BCUT2D eigenvalue weighted by atomic mass is 79.9. The van der Waals surface area contributed by atoms with Crippen molar-refractivity contribution in [2.24, 2.45) is 0 Å². The van der Waals surface area contributed by atoms with Crippen molar-refractivity contribution in [1.29, 1.82) is 0 Å². The third-order valence-electron chi connectivity index (χ3n) is 4.23. The van der Waals surface area contributed by atoms with Crippen LogP contribution in [-0.4, -0.2) is 28.7 Å². The minimum atomic E-state index is -0.531. The molecule has 1 aliphatic heterocycles. The molecule has 1 aliphatic rings. The van der Waals surface area contributed by atoms with E-state index in [9.17, 15) is 14.4 Å². The van der Waals surface area contributed by atoms with E-state index in [-0.39, 0.29) is 29.9 Å². The van der Waals surface area contributed by atoms with E-state index in [0.29, 0.717) is 11.4 Å². The Bertz CT molecular complexity index is 870. The molecule has 2 aromatic carbocycles. The number of nitrogens with zero attached hydrogens (tertiary/aromatic N) is 1. The maximum atomic E-state index is 12.6. The number of amides is 3. The lowest BCUT2D eigenvalue weighted by Crippen LogP contribution is -2.31. The summed E-state index contributed by atoms with van der Waals surface area (Å²) in [5.41, 5.74) is 2.42. The van der Waals surface area contributed by atoms with Gasteiger partial charge in [0.25, 0.3) is 0 Å². The van der Waals surface area contributed by atoms with Gasteiger partial charge in [0.2, 0.25) is 17.7 Å². The third kappa shape index (κ3) is 4.78. The van der Waals surface area contributed by atoms with Crippen LogP contribution < -0.4 is 10.2 Å². The summed E-state index contributed by atoms with van der Waals surface area (Å²) < 4.78 is 0.870. The smallest absolute Gasteiger partial charge is 0.247 e. The van der Waals surface area contributed by atoms with Crippen LogP contribution in [0.2, 0.25) is 0 Å². The molecule has 5 nitrogen and oxygen atoms in total. The van der Waals surface area contributed by atoms with E-state index in [0.717, 1.165) is 16.5 Å². The molecule has 1 unspecified atom stereocenters. The number of thioether (sulfide) groups is 1. The molecule has 2 aromatic rings. The van der Waals surface area contributed by atoms with Gasteiger partial charge in [-0.25, -0.2) is 4.90 Å². The molecule has 1 heterocycles. The Morgan fingerprint density at radius 1 is 1.22 bits per heavy atom. The average Bonchev–Trinajstić information content (AvgIpc) is 2.94. The van der Waals surface area contributed by atoms with Crippen LogP contribution in [0.1, 0.15) is 18.9 Å². The lowest BCUT2D eigenvalue weighted by Gasteiger charge is -2.15. The quantitative estimate of drug-likeness (QED) is 0.680. The fourth-order valence-corrected chi connectivity index (χ4v) is 4.16. The van der Waals surface area contributed by atoms with Gasteiger partial charge in [0.1, 0.15) is 0 Å². The first-order valence-corrected chi connectivity index (χ1v) is 10.4. The van der Waals surface area contributed by atoms with Crippen molar-refractivity contribution in [3.05, 3.63) is 58.6 Å². The summed E-state index contributed by atoms with van der Waals surface area (Å²) in [6.45, 7) is 2.05. The highest BCUT2D eigenvalue weighted by Gasteiger charge is 2.40. The van der Waals surface area contributed by atoms with Crippen LogP contribution in [0, 0.1) is 0 Å². The number of nitrogens with one attached hydrogen (secondary N) is 1. The monoisotopic (exact) mass is 446 g/mol. The Morgan fingerprint density at radius 3 is 2.63 bits per heavy atom. The summed E-state index contributed by atoms with van der Waals surface area (Å²) in [7, 11) is 0. The summed E-state index contributed by atoms with van der Waals surface area (Å²) in [5, 5.41) is 2.26. The molecule has 0 spiro atoms. The van der Waals surface area contributed by atoms with Gasteiger partial charge in [0, 0.05) is 16.6 Å². The van der Waals surface area contributed by atoms with Gasteiger partial charge in [0.15, 0.2) is 0 Å². The van der Waals surface area contributed by atoms with E-state index in [4.69, 9.17) is 0 Å². The van der Waals surface area contributed by atoms with Crippen molar-refractivity contribution >= 4 is 56.8 Å². The van der Waals surface area contributed by atoms with Crippen molar-refractivity contribution in [2.45, 2.75) is 25.0 Å². The zero-order valence-electron chi connectivity index (χ0n) is 14.8. The number of benzene rings is 2. The van der Waals surface area contributed by atoms with Crippen LogP contribution in [0.15, 0.2) is 53.0 Å². The standard InChI is InChI=1S/C20H19BrN2O3S/c1-2-13-6-8-16(9-7-13)23-19(25)11-17(20(23)26)27-12-18(24)22-15-5-3-4-14(21)10-15/h3-10,17H,2,11-12H2,1H3,(H,22,24). The van der Waals surface area contributed by atoms with Gasteiger partial charge in [0.05, 0.1) is 16.7 Å². The number of aryl methyl sites for hydroxylation is 1. The van der Waals surface area contributed by atoms with E-state index in [1.807, 2.05) is 31.2 Å². The molecule has 3 amide bonds. The molecule has 0 aliphatic carbocycles. The predicted molar refractivity (Wildman–Crippen MR) is 112 cm³/mol. The van der Waals surface area contributed by atoms with Gasteiger partial charge in [-0.1, -0.05) is 41.1 Å². The number of hydrogen-bond acceptors (Lipinski definition) is 4. The molecular formula is C20H19BrN2O3S. The number of hydrogen-bond donors (Lipinski definition) is 1. The first-order valence-electron chi connectivity index (χ1n) is 8.60. The highest BCUT2D eigenvalue weighted by molar-refractivity contribution is 9.10. The molecule has 0 radical (unpaired) electrons. The van der Waals surface area contributed by atoms with Crippen LogP contribution in [-0.2, 0) is 20.8 Å². The normalized spacial score (nSPS) is 16.7. The zero-order valence-corrected chi connectivity index (χ0v) is 17.2. The number of halogens is 1. The molecule has 140 valence electrons. The van der Waals surface area contributed by atoms with Gasteiger partial charge in [-0.05, 0) is 42.3 Å². The van der Waals surface area contributed by atoms with Crippen molar-refractivity contribution in [3.63, 3.8) is 0 Å². The maximum Gasteiger partial charge on any atom is 0.247 e. The lowest BCUT2D eigenvalue weighted by atomic mass is 10.1. The van der Waals surface area contributed by atoms with Gasteiger partial charge in [-0.2, -0.15) is 0 Å². The summed E-state index contributed by atoms with van der Waals surface area (Å²) in [6, 6.07) is 14.7. The van der Waals surface area contributed by atoms with E-state index >= 15 is 0 Å². The van der Waals surface area contributed by atoms with E-state index in [1.54, 1.807) is 24.3 Å². The van der Waals surface area contributed by atoms with Crippen molar-refractivity contribution in [1.82, 2.24) is 0 Å². The Balaban J connectivity index is 1.58. The minimum Gasteiger partial charge on any atom is -0.325 e. The van der Waals surface area contributed by atoms with E-state index in [1.165, 1.54) is 16.7 Å². The second-order valence-electron chi connectivity index (χ2n) is 6.15. The fourth-order valence-electron chi connectivity index (χ4n) is 2.83. The molecule has 27 heavy (non-hydrogen) atoms. The summed E-state index contributed by atoms with van der Waals surface area (Å²) in [4.78, 5) is 38.3. The molecule has 1 saturated heterocycles. The van der Waals surface area contributed by atoms with Crippen molar-refractivity contribution in [2.75, 3.05) is 16.0 Å². The van der Waals surface area contributed by atoms with Crippen LogP contribution >= 0.6 is 27.7 Å². The van der Waals surface area contributed by atoms with Gasteiger partial charge in [-0.15, -0.1) is 11.8 Å². The van der Waals surface area contributed by atoms with Crippen LogP contribution in [0.3, 0.4) is 0 Å². The number of carbonyl (C=O) groups is 3. The Morgan fingerprint density at radius 2 is 1.96 bits per heavy atom. The molecule has 0 bridgehead atoms. The lowest BCUT2D eigenvalue weighted by molar-refractivity contribution is -0.121. The zero-order chi connectivity index (χ0) is 19.4. The van der Waals surface area contributed by atoms with E-state index in [2.05, 4.69) is 21.2 Å². The molecule has 0 saturated carbocycles. The highest BCUT2D eigenvalue weighted by Crippen LogP contribution is 2.30. The topological polar surface area (TPSA) is 66.5 Å². The van der Waals surface area contributed by atoms with Crippen molar-refractivity contribution in [3.8, 4) is 0 Å².